The lowest BCUT2D eigenvalue weighted by molar-refractivity contribution is 0.452. The van der Waals surface area contributed by atoms with Gasteiger partial charge in [0, 0.05) is 0 Å². The molecule has 0 saturated heterocycles. The van der Waals surface area contributed by atoms with E-state index >= 15 is 0 Å². The fourth-order valence-corrected chi connectivity index (χ4v) is 1.37. The molecule has 1 atom stereocenters. The summed E-state index contributed by atoms with van der Waals surface area (Å²) in [6.07, 6.45) is 8.13. The molecule has 0 saturated carbocycles. The maximum absolute atomic E-state index is 8.27. The average Bonchev–Trinajstić information content (AvgIpc) is 2.07. The third kappa shape index (κ3) is 3.20. The Kier molecular flexibility index (Phi) is 3.71. The fourth-order valence-electron chi connectivity index (χ4n) is 1.37. The number of nitriles is 1. The molecule has 2 nitrogen and oxygen atoms in total. The summed E-state index contributed by atoms with van der Waals surface area (Å²) in [5.41, 5.74) is 0. The van der Waals surface area contributed by atoms with Gasteiger partial charge in [0.25, 0.3) is 0 Å². The first-order valence-corrected chi connectivity index (χ1v) is 4.16. The lowest BCUT2D eigenvalue weighted by atomic mass is 9.94. The minimum atomic E-state index is 0.486. The second kappa shape index (κ2) is 4.92. The Morgan fingerprint density at radius 1 is 1.55 bits per heavy atom. The number of hydrogen-bond acceptors (Lipinski definition) is 2. The van der Waals surface area contributed by atoms with Crippen LogP contribution in [0.25, 0.3) is 0 Å². The Labute approximate surface area is 67.9 Å². The zero-order chi connectivity index (χ0) is 7.94. The molecule has 60 valence electrons. The van der Waals surface area contributed by atoms with Crippen molar-refractivity contribution in [2.24, 2.45) is 5.92 Å². The summed E-state index contributed by atoms with van der Waals surface area (Å²) < 4.78 is 0. The van der Waals surface area contributed by atoms with Gasteiger partial charge in [-0.15, -0.1) is 0 Å². The molecule has 0 aromatic rings. The van der Waals surface area contributed by atoms with E-state index in [9.17, 15) is 0 Å². The van der Waals surface area contributed by atoms with Gasteiger partial charge in [0.2, 0.25) is 0 Å². The summed E-state index contributed by atoms with van der Waals surface area (Å²) in [5, 5.41) is 11.4. The van der Waals surface area contributed by atoms with Crippen LogP contribution in [0.3, 0.4) is 0 Å². The molecule has 1 rings (SSSR count). The van der Waals surface area contributed by atoms with Crippen LogP contribution >= 0.6 is 0 Å². The molecule has 0 radical (unpaired) electrons. The topological polar surface area (TPSA) is 35.8 Å². The van der Waals surface area contributed by atoms with Gasteiger partial charge >= 0.3 is 0 Å². The molecule has 1 aliphatic carbocycles. The summed E-state index contributed by atoms with van der Waals surface area (Å²) in [4.78, 5) is 0. The molecule has 11 heavy (non-hydrogen) atoms. The number of nitrogens with zero attached hydrogens (tertiary/aromatic N) is 1. The van der Waals surface area contributed by atoms with Crippen molar-refractivity contribution in [2.45, 2.75) is 19.3 Å². The molecular weight excluding hydrogens is 136 g/mol. The molecule has 1 aliphatic rings. The average molecular weight is 150 g/mol. The summed E-state index contributed by atoms with van der Waals surface area (Å²) in [6.45, 7) is 1.48. The van der Waals surface area contributed by atoms with Crippen molar-refractivity contribution in [1.29, 1.82) is 5.26 Å². The number of nitrogens with one attached hydrogen (secondary N) is 1. The van der Waals surface area contributed by atoms with Crippen LogP contribution in [0.2, 0.25) is 0 Å². The van der Waals surface area contributed by atoms with Crippen LogP contribution in [0.1, 0.15) is 19.3 Å². The second-order valence-corrected chi connectivity index (χ2v) is 2.94. The SMILES string of the molecule is N#CCNCC1CC=CCC1. The summed E-state index contributed by atoms with van der Waals surface area (Å²) in [7, 11) is 0. The first kappa shape index (κ1) is 8.29. The van der Waals surface area contributed by atoms with Crippen LogP contribution in [0.15, 0.2) is 12.2 Å². The quantitative estimate of drug-likeness (QED) is 0.375. The van der Waals surface area contributed by atoms with Crippen LogP contribution < -0.4 is 5.32 Å². The first-order valence-electron chi connectivity index (χ1n) is 4.16. The highest BCUT2D eigenvalue weighted by molar-refractivity contribution is 4.90. The van der Waals surface area contributed by atoms with Crippen molar-refractivity contribution in [1.82, 2.24) is 5.32 Å². The molecule has 0 heterocycles. The van der Waals surface area contributed by atoms with E-state index in [1.54, 1.807) is 0 Å². The lowest BCUT2D eigenvalue weighted by Gasteiger charge is -2.16. The van der Waals surface area contributed by atoms with Gasteiger partial charge in [-0.05, 0) is 31.7 Å². The molecular formula is C9H14N2. The minimum Gasteiger partial charge on any atom is -0.304 e. The van der Waals surface area contributed by atoms with Gasteiger partial charge in [0.05, 0.1) is 12.6 Å². The van der Waals surface area contributed by atoms with Crippen LogP contribution in [0.5, 0.6) is 0 Å². The highest BCUT2D eigenvalue weighted by Crippen LogP contribution is 2.16. The zero-order valence-electron chi connectivity index (χ0n) is 6.71. The third-order valence-electron chi connectivity index (χ3n) is 2.01. The van der Waals surface area contributed by atoms with Gasteiger partial charge in [-0.1, -0.05) is 12.2 Å². The van der Waals surface area contributed by atoms with Crippen molar-refractivity contribution < 1.29 is 0 Å². The number of allylic oxidation sites excluding steroid dienone is 2. The van der Waals surface area contributed by atoms with Gasteiger partial charge in [0.15, 0.2) is 0 Å². The molecule has 0 aliphatic heterocycles. The van der Waals surface area contributed by atoms with E-state index < -0.39 is 0 Å². The van der Waals surface area contributed by atoms with E-state index in [4.69, 9.17) is 5.26 Å². The molecule has 0 spiro atoms. The van der Waals surface area contributed by atoms with E-state index in [-0.39, 0.29) is 0 Å². The maximum Gasteiger partial charge on any atom is 0.0841 e. The van der Waals surface area contributed by atoms with Crippen molar-refractivity contribution >= 4 is 0 Å². The summed E-state index contributed by atoms with van der Waals surface area (Å²) in [5.74, 6) is 0.758. The van der Waals surface area contributed by atoms with Crippen LogP contribution in [-0.2, 0) is 0 Å². The highest BCUT2D eigenvalue weighted by Gasteiger charge is 2.07. The Morgan fingerprint density at radius 2 is 2.45 bits per heavy atom. The van der Waals surface area contributed by atoms with E-state index in [2.05, 4.69) is 23.5 Å². The standard InChI is InChI=1S/C9H14N2/c10-6-7-11-8-9-4-2-1-3-5-9/h1-2,9,11H,3-5,7-8H2. The normalized spacial score (nSPS) is 23.0. The van der Waals surface area contributed by atoms with Gasteiger partial charge in [0.1, 0.15) is 0 Å². The Morgan fingerprint density at radius 3 is 3.09 bits per heavy atom. The van der Waals surface area contributed by atoms with E-state index in [0.717, 1.165) is 12.5 Å². The molecule has 2 heteroatoms. The van der Waals surface area contributed by atoms with E-state index in [0.29, 0.717) is 6.54 Å². The van der Waals surface area contributed by atoms with Crippen molar-refractivity contribution in [3.8, 4) is 6.07 Å². The van der Waals surface area contributed by atoms with Gasteiger partial charge in [-0.2, -0.15) is 5.26 Å². The monoisotopic (exact) mass is 150 g/mol. The predicted octanol–water partition coefficient (Wildman–Crippen LogP) is 1.46. The third-order valence-corrected chi connectivity index (χ3v) is 2.01. The van der Waals surface area contributed by atoms with Crippen LogP contribution in [0.4, 0.5) is 0 Å². The molecule has 0 aromatic carbocycles. The Bertz CT molecular complexity index is 167. The van der Waals surface area contributed by atoms with Crippen LogP contribution in [-0.4, -0.2) is 13.1 Å². The molecule has 1 N–H and O–H groups in total. The number of hydrogen-bond donors (Lipinski definition) is 1. The molecule has 0 amide bonds. The van der Waals surface area contributed by atoms with Crippen LogP contribution in [0, 0.1) is 17.2 Å². The largest absolute Gasteiger partial charge is 0.304 e. The Balaban J connectivity index is 2.07. The van der Waals surface area contributed by atoms with Gasteiger partial charge in [-0.3, -0.25) is 0 Å². The molecule has 0 aromatic heterocycles. The van der Waals surface area contributed by atoms with Crippen molar-refractivity contribution in [3.63, 3.8) is 0 Å². The van der Waals surface area contributed by atoms with Crippen molar-refractivity contribution in [2.75, 3.05) is 13.1 Å². The lowest BCUT2D eigenvalue weighted by Crippen LogP contribution is -2.23. The minimum absolute atomic E-state index is 0.486. The predicted molar refractivity (Wildman–Crippen MR) is 45.0 cm³/mol. The van der Waals surface area contributed by atoms with Gasteiger partial charge < -0.3 is 5.32 Å². The fraction of sp³-hybridized carbons (Fsp3) is 0.667. The summed E-state index contributed by atoms with van der Waals surface area (Å²) in [6, 6.07) is 2.08. The van der Waals surface area contributed by atoms with Gasteiger partial charge in [-0.25, -0.2) is 0 Å². The molecule has 1 unspecified atom stereocenters. The molecule has 0 fully saturated rings. The molecule has 0 bridgehead atoms. The van der Waals surface area contributed by atoms with Crippen molar-refractivity contribution in [3.05, 3.63) is 12.2 Å². The number of rotatable bonds is 3. The Hall–Kier alpha value is -0.810. The summed E-state index contributed by atoms with van der Waals surface area (Å²) >= 11 is 0. The zero-order valence-corrected chi connectivity index (χ0v) is 6.71. The first-order chi connectivity index (χ1) is 5.43. The van der Waals surface area contributed by atoms with E-state index in [1.165, 1.54) is 19.3 Å². The van der Waals surface area contributed by atoms with E-state index in [1.807, 2.05) is 0 Å². The maximum atomic E-state index is 8.27. The second-order valence-electron chi connectivity index (χ2n) is 2.94. The smallest absolute Gasteiger partial charge is 0.0841 e. The highest BCUT2D eigenvalue weighted by atomic mass is 14.8.